The molecule has 1 atom stereocenters. The zero-order valence-corrected chi connectivity index (χ0v) is 17.0. The quantitative estimate of drug-likeness (QED) is 0.708. The highest BCUT2D eigenvalue weighted by Crippen LogP contribution is 2.45. The fourth-order valence-corrected chi connectivity index (χ4v) is 4.56. The lowest BCUT2D eigenvalue weighted by Gasteiger charge is -2.44. The molecule has 1 spiro atoms. The number of carbonyl (C=O) groups excluding carboxylic acids is 3. The van der Waals surface area contributed by atoms with Crippen molar-refractivity contribution in [2.75, 3.05) is 16.8 Å². The van der Waals surface area contributed by atoms with E-state index in [-0.39, 0.29) is 18.4 Å². The third-order valence-electron chi connectivity index (χ3n) is 6.36. The summed E-state index contributed by atoms with van der Waals surface area (Å²) in [6.45, 7) is 1.54. The number of nitrogens with one attached hydrogen (secondary N) is 2. The molecule has 2 aromatic rings. The van der Waals surface area contributed by atoms with E-state index in [9.17, 15) is 14.4 Å². The maximum absolute atomic E-state index is 13.5. The number of carbonyl (C=O) groups is 3. The maximum Gasteiger partial charge on any atom is 0.250 e. The molecule has 1 aliphatic carbocycles. The fourth-order valence-electron chi connectivity index (χ4n) is 4.56. The first-order valence-corrected chi connectivity index (χ1v) is 10.2. The van der Waals surface area contributed by atoms with Crippen molar-refractivity contribution in [3.8, 4) is 0 Å². The van der Waals surface area contributed by atoms with Crippen LogP contribution in [0.25, 0.3) is 0 Å². The molecule has 0 bridgehead atoms. The molecule has 1 saturated carbocycles. The lowest BCUT2D eigenvalue weighted by Crippen LogP contribution is -2.63. The Labute approximate surface area is 175 Å². The molecule has 3 amide bonds. The Balaban J connectivity index is 1.66. The highest BCUT2D eigenvalue weighted by Gasteiger charge is 2.52. The van der Waals surface area contributed by atoms with Gasteiger partial charge in [0.1, 0.15) is 11.1 Å². The minimum absolute atomic E-state index is 0.127. The number of para-hydroxylation sites is 2. The predicted molar refractivity (Wildman–Crippen MR) is 115 cm³/mol. The standard InChI is InChI=1S/C23H26N4O3/c1-22(20(24)29,16-9-3-2-4-10-16)25-15-19(28)27-18-12-6-5-11-17(18)26-21(30)23(27)13-7-8-14-23/h2-6,9-12,25H,7-8,13-15H2,1H3,(H2,24,29)(H,26,30)/t22-/m1/s1. The molecule has 2 aromatic carbocycles. The van der Waals surface area contributed by atoms with Gasteiger partial charge in [-0.1, -0.05) is 55.3 Å². The number of nitrogens with two attached hydrogens (primary N) is 1. The lowest BCUT2D eigenvalue weighted by molar-refractivity contribution is -0.128. The second-order valence-electron chi connectivity index (χ2n) is 8.15. The van der Waals surface area contributed by atoms with Gasteiger partial charge in [0.2, 0.25) is 11.8 Å². The molecule has 1 aliphatic heterocycles. The van der Waals surface area contributed by atoms with Crippen LogP contribution in [0.15, 0.2) is 54.6 Å². The summed E-state index contributed by atoms with van der Waals surface area (Å²) in [5.74, 6) is -0.982. The van der Waals surface area contributed by atoms with Crippen molar-refractivity contribution < 1.29 is 14.4 Å². The molecule has 1 heterocycles. The number of nitrogens with zero attached hydrogens (tertiary/aromatic N) is 1. The molecule has 0 aromatic heterocycles. The van der Waals surface area contributed by atoms with E-state index in [2.05, 4.69) is 10.6 Å². The third-order valence-corrected chi connectivity index (χ3v) is 6.36. The Hall–Kier alpha value is -3.19. The summed E-state index contributed by atoms with van der Waals surface area (Å²) < 4.78 is 0. The Morgan fingerprint density at radius 3 is 2.40 bits per heavy atom. The van der Waals surface area contributed by atoms with Gasteiger partial charge in [-0.15, -0.1) is 0 Å². The van der Waals surface area contributed by atoms with Crippen molar-refractivity contribution in [2.45, 2.75) is 43.7 Å². The average molecular weight is 406 g/mol. The summed E-state index contributed by atoms with van der Waals surface area (Å²) in [5.41, 5.74) is 5.58. The second kappa shape index (κ2) is 7.57. The molecule has 156 valence electrons. The van der Waals surface area contributed by atoms with Crippen LogP contribution in [0, 0.1) is 0 Å². The molecular formula is C23H26N4O3. The van der Waals surface area contributed by atoms with E-state index in [1.54, 1.807) is 30.0 Å². The zero-order valence-electron chi connectivity index (χ0n) is 17.0. The van der Waals surface area contributed by atoms with Crippen molar-refractivity contribution in [3.05, 3.63) is 60.2 Å². The number of hydrogen-bond acceptors (Lipinski definition) is 4. The van der Waals surface area contributed by atoms with E-state index in [0.717, 1.165) is 12.8 Å². The van der Waals surface area contributed by atoms with Gasteiger partial charge < -0.3 is 11.1 Å². The van der Waals surface area contributed by atoms with E-state index >= 15 is 0 Å². The van der Waals surface area contributed by atoms with Crippen LogP contribution in [0.3, 0.4) is 0 Å². The Morgan fingerprint density at radius 1 is 1.10 bits per heavy atom. The molecule has 2 aliphatic rings. The molecule has 4 N–H and O–H groups in total. The summed E-state index contributed by atoms with van der Waals surface area (Å²) in [6, 6.07) is 16.4. The van der Waals surface area contributed by atoms with Gasteiger partial charge in [-0.2, -0.15) is 0 Å². The first-order valence-electron chi connectivity index (χ1n) is 10.2. The topological polar surface area (TPSA) is 105 Å². The van der Waals surface area contributed by atoms with Crippen LogP contribution in [0.5, 0.6) is 0 Å². The van der Waals surface area contributed by atoms with Gasteiger partial charge in [-0.05, 0) is 37.5 Å². The second-order valence-corrected chi connectivity index (χ2v) is 8.15. The van der Waals surface area contributed by atoms with Crippen molar-refractivity contribution in [2.24, 2.45) is 5.73 Å². The largest absolute Gasteiger partial charge is 0.368 e. The van der Waals surface area contributed by atoms with Crippen molar-refractivity contribution in [1.82, 2.24) is 5.32 Å². The SMILES string of the molecule is C[C@](NCC(=O)N1c2ccccc2NC(=O)C12CCCC2)(C(N)=O)c1ccccc1. The smallest absolute Gasteiger partial charge is 0.250 e. The van der Waals surface area contributed by atoms with Crippen LogP contribution in [-0.4, -0.2) is 29.8 Å². The summed E-state index contributed by atoms with van der Waals surface area (Å²) in [6.07, 6.45) is 3.00. The molecule has 7 nitrogen and oxygen atoms in total. The number of amides is 3. The molecule has 0 radical (unpaired) electrons. The minimum Gasteiger partial charge on any atom is -0.368 e. The minimum atomic E-state index is -1.21. The monoisotopic (exact) mass is 406 g/mol. The first-order chi connectivity index (χ1) is 14.4. The van der Waals surface area contributed by atoms with Gasteiger partial charge in [0.05, 0.1) is 17.9 Å². The van der Waals surface area contributed by atoms with E-state index in [4.69, 9.17) is 5.73 Å². The summed E-state index contributed by atoms with van der Waals surface area (Å²) in [4.78, 5) is 40.4. The van der Waals surface area contributed by atoms with E-state index in [0.29, 0.717) is 29.8 Å². The number of hydrogen-bond donors (Lipinski definition) is 3. The van der Waals surface area contributed by atoms with Crippen LogP contribution in [-0.2, 0) is 19.9 Å². The van der Waals surface area contributed by atoms with Crippen LogP contribution >= 0.6 is 0 Å². The van der Waals surface area contributed by atoms with Gasteiger partial charge in [0, 0.05) is 0 Å². The summed E-state index contributed by atoms with van der Waals surface area (Å²) in [5, 5.41) is 6.03. The molecule has 30 heavy (non-hydrogen) atoms. The van der Waals surface area contributed by atoms with Crippen LogP contribution in [0.1, 0.15) is 38.2 Å². The number of fused-ring (bicyclic) bond motifs is 1. The van der Waals surface area contributed by atoms with E-state index in [1.165, 1.54) is 0 Å². The predicted octanol–water partition coefficient (Wildman–Crippen LogP) is 2.27. The molecule has 1 fully saturated rings. The van der Waals surface area contributed by atoms with Gasteiger partial charge in [-0.25, -0.2) is 0 Å². The van der Waals surface area contributed by atoms with Crippen LogP contribution in [0.4, 0.5) is 11.4 Å². The number of rotatable bonds is 5. The molecule has 7 heteroatoms. The summed E-state index contributed by atoms with van der Waals surface area (Å²) >= 11 is 0. The van der Waals surface area contributed by atoms with E-state index < -0.39 is 17.0 Å². The Morgan fingerprint density at radius 2 is 1.73 bits per heavy atom. The average Bonchev–Trinajstić information content (AvgIpc) is 3.23. The van der Waals surface area contributed by atoms with Gasteiger partial charge in [-0.3, -0.25) is 24.6 Å². The van der Waals surface area contributed by atoms with Crippen molar-refractivity contribution >= 4 is 29.1 Å². The molecule has 4 rings (SSSR count). The number of primary amides is 1. The molecule has 0 saturated heterocycles. The highest BCUT2D eigenvalue weighted by molar-refractivity contribution is 6.15. The summed E-state index contributed by atoms with van der Waals surface area (Å²) in [7, 11) is 0. The molecular weight excluding hydrogens is 380 g/mol. The van der Waals surface area contributed by atoms with Crippen molar-refractivity contribution in [1.29, 1.82) is 0 Å². The highest BCUT2D eigenvalue weighted by atomic mass is 16.2. The normalized spacial score (nSPS) is 19.1. The van der Waals surface area contributed by atoms with Crippen LogP contribution in [0.2, 0.25) is 0 Å². The van der Waals surface area contributed by atoms with Gasteiger partial charge >= 0.3 is 0 Å². The zero-order chi connectivity index (χ0) is 21.4. The van der Waals surface area contributed by atoms with Crippen LogP contribution < -0.4 is 21.3 Å². The fraction of sp³-hybridized carbons (Fsp3) is 0.348. The molecule has 0 unspecified atom stereocenters. The lowest BCUT2D eigenvalue weighted by atomic mass is 9.89. The van der Waals surface area contributed by atoms with E-state index in [1.807, 2.05) is 36.4 Å². The van der Waals surface area contributed by atoms with Gasteiger partial charge in [0.15, 0.2) is 0 Å². The van der Waals surface area contributed by atoms with Gasteiger partial charge in [0.25, 0.3) is 5.91 Å². The number of anilines is 2. The van der Waals surface area contributed by atoms with Crippen molar-refractivity contribution in [3.63, 3.8) is 0 Å². The maximum atomic E-state index is 13.5. The first kappa shape index (κ1) is 20.1. The number of benzene rings is 2. The Kier molecular flexibility index (Phi) is 5.07. The Bertz CT molecular complexity index is 985. The third kappa shape index (κ3) is 3.15.